The molecule has 0 aliphatic carbocycles. The molecule has 3 nitrogen and oxygen atoms in total. The van der Waals surface area contributed by atoms with Gasteiger partial charge in [-0.15, -0.1) is 0 Å². The second kappa shape index (κ2) is 7.40. The monoisotopic (exact) mass is 369 g/mol. The molecule has 0 unspecified atom stereocenters. The zero-order valence-electron chi connectivity index (χ0n) is 14.6. The predicted octanol–water partition coefficient (Wildman–Crippen LogP) is 4.51. The highest BCUT2D eigenvalue weighted by molar-refractivity contribution is 7.89. The van der Waals surface area contributed by atoms with Crippen LogP contribution < -0.4 is 4.72 Å². The molecule has 1 atom stereocenters. The van der Waals surface area contributed by atoms with Gasteiger partial charge in [-0.2, -0.15) is 4.72 Å². The van der Waals surface area contributed by atoms with Crippen LogP contribution in [0.25, 0.3) is 0 Å². The minimum atomic E-state index is -3.83. The minimum absolute atomic E-state index is 0.0471. The average Bonchev–Trinajstić information content (AvgIpc) is 2.63. The lowest BCUT2D eigenvalue weighted by Gasteiger charge is -2.22. The molecule has 0 fully saturated rings. The molecule has 1 N–H and O–H groups in total. The molecule has 3 aromatic rings. The molecule has 26 heavy (non-hydrogen) atoms. The third-order valence-corrected chi connectivity index (χ3v) is 5.77. The van der Waals surface area contributed by atoms with E-state index in [0.29, 0.717) is 5.56 Å². The van der Waals surface area contributed by atoms with Gasteiger partial charge in [0.2, 0.25) is 10.0 Å². The van der Waals surface area contributed by atoms with Crippen LogP contribution in [-0.4, -0.2) is 8.42 Å². The lowest BCUT2D eigenvalue weighted by atomic mass is 9.96. The largest absolute Gasteiger partial charge is 0.241 e. The molecule has 0 amide bonds. The van der Waals surface area contributed by atoms with E-state index in [-0.39, 0.29) is 4.90 Å². The van der Waals surface area contributed by atoms with Crippen molar-refractivity contribution in [1.82, 2.24) is 4.72 Å². The van der Waals surface area contributed by atoms with E-state index < -0.39 is 21.9 Å². The summed E-state index contributed by atoms with van der Waals surface area (Å²) in [6, 6.07) is 20.3. The molecule has 0 saturated carbocycles. The van der Waals surface area contributed by atoms with Crippen LogP contribution in [0.15, 0.2) is 77.7 Å². The maximum atomic E-state index is 13.5. The predicted molar refractivity (Wildman–Crippen MR) is 101 cm³/mol. The molecule has 134 valence electrons. The summed E-state index contributed by atoms with van der Waals surface area (Å²) in [5, 5.41) is 0. The van der Waals surface area contributed by atoms with Crippen molar-refractivity contribution < 1.29 is 12.8 Å². The molecule has 0 bridgehead atoms. The first kappa shape index (κ1) is 18.3. The van der Waals surface area contributed by atoms with Crippen LogP contribution in [0, 0.1) is 19.7 Å². The summed E-state index contributed by atoms with van der Waals surface area (Å²) < 4.78 is 42.2. The first-order chi connectivity index (χ1) is 12.4. The van der Waals surface area contributed by atoms with Crippen LogP contribution in [0.4, 0.5) is 4.39 Å². The van der Waals surface area contributed by atoms with Crippen LogP contribution >= 0.6 is 0 Å². The zero-order chi connectivity index (χ0) is 18.7. The Morgan fingerprint density at radius 1 is 0.846 bits per heavy atom. The summed E-state index contributed by atoms with van der Waals surface area (Å²) in [5.74, 6) is -0.428. The second-order valence-electron chi connectivity index (χ2n) is 6.23. The van der Waals surface area contributed by atoms with Gasteiger partial charge in [0.25, 0.3) is 0 Å². The summed E-state index contributed by atoms with van der Waals surface area (Å²) in [6.45, 7) is 3.49. The Bertz CT molecular complexity index is 1020. The van der Waals surface area contributed by atoms with Gasteiger partial charge >= 0.3 is 0 Å². The summed E-state index contributed by atoms with van der Waals surface area (Å²) >= 11 is 0. The van der Waals surface area contributed by atoms with Crippen LogP contribution in [0.1, 0.15) is 28.3 Å². The zero-order valence-corrected chi connectivity index (χ0v) is 15.4. The quantitative estimate of drug-likeness (QED) is 0.719. The lowest BCUT2D eigenvalue weighted by molar-refractivity contribution is 0.570. The van der Waals surface area contributed by atoms with E-state index in [1.54, 1.807) is 6.92 Å². The highest BCUT2D eigenvalue weighted by atomic mass is 32.2. The molecule has 5 heteroatoms. The van der Waals surface area contributed by atoms with Crippen molar-refractivity contribution in [2.24, 2.45) is 0 Å². The third-order valence-electron chi connectivity index (χ3n) is 4.35. The number of benzene rings is 3. The van der Waals surface area contributed by atoms with Gasteiger partial charge in [-0.25, -0.2) is 12.8 Å². The van der Waals surface area contributed by atoms with Gasteiger partial charge in [-0.3, -0.25) is 0 Å². The van der Waals surface area contributed by atoms with E-state index in [4.69, 9.17) is 0 Å². The van der Waals surface area contributed by atoms with Gasteiger partial charge in [0.1, 0.15) is 5.82 Å². The maximum Gasteiger partial charge on any atom is 0.241 e. The van der Waals surface area contributed by atoms with Crippen molar-refractivity contribution in [3.63, 3.8) is 0 Å². The summed E-state index contributed by atoms with van der Waals surface area (Å²) in [6.07, 6.45) is 0. The normalized spacial score (nSPS) is 12.7. The number of rotatable bonds is 5. The Balaban J connectivity index is 2.06. The lowest BCUT2D eigenvalue weighted by Crippen LogP contribution is -2.30. The van der Waals surface area contributed by atoms with E-state index in [2.05, 4.69) is 4.72 Å². The number of sulfonamides is 1. The van der Waals surface area contributed by atoms with Crippen molar-refractivity contribution in [1.29, 1.82) is 0 Å². The molecule has 0 aliphatic rings. The van der Waals surface area contributed by atoms with Gasteiger partial charge in [-0.05, 0) is 54.3 Å². The third kappa shape index (κ3) is 3.84. The number of hydrogen-bond acceptors (Lipinski definition) is 2. The molecule has 0 radical (unpaired) electrons. The Morgan fingerprint density at radius 3 is 2.15 bits per heavy atom. The van der Waals surface area contributed by atoms with E-state index in [1.807, 2.05) is 61.5 Å². The fourth-order valence-corrected chi connectivity index (χ4v) is 4.16. The Hall–Kier alpha value is -2.50. The van der Waals surface area contributed by atoms with E-state index >= 15 is 0 Å². The number of halogens is 1. The molecule has 0 spiro atoms. The van der Waals surface area contributed by atoms with Crippen LogP contribution in [0.5, 0.6) is 0 Å². The molecule has 3 rings (SSSR count). The Kier molecular flexibility index (Phi) is 5.20. The molecule has 0 aliphatic heterocycles. The molecule has 0 heterocycles. The first-order valence-electron chi connectivity index (χ1n) is 8.27. The standard InChI is InChI=1S/C21H20FNO2S/c1-15-8-6-7-11-19(15)21(17-9-4-3-5-10-17)23-26(24,25)18-12-13-20(22)16(2)14-18/h3-14,21,23H,1-2H3/t21-/m1/s1. The van der Waals surface area contributed by atoms with Crippen LogP contribution in [0.2, 0.25) is 0 Å². The minimum Gasteiger partial charge on any atom is -0.207 e. The van der Waals surface area contributed by atoms with E-state index in [0.717, 1.165) is 16.7 Å². The van der Waals surface area contributed by atoms with E-state index in [1.165, 1.54) is 18.2 Å². The van der Waals surface area contributed by atoms with Gasteiger partial charge in [-0.1, -0.05) is 54.6 Å². The Morgan fingerprint density at radius 2 is 1.50 bits per heavy atom. The van der Waals surface area contributed by atoms with Crippen molar-refractivity contribution in [3.05, 3.63) is 101 Å². The fraction of sp³-hybridized carbons (Fsp3) is 0.143. The van der Waals surface area contributed by atoms with Crippen molar-refractivity contribution in [3.8, 4) is 0 Å². The summed E-state index contributed by atoms with van der Waals surface area (Å²) in [7, 11) is -3.83. The SMILES string of the molecule is Cc1cc(S(=O)(=O)N[C@H](c2ccccc2)c2ccccc2C)ccc1F. The van der Waals surface area contributed by atoms with Gasteiger partial charge in [0, 0.05) is 0 Å². The Labute approximate surface area is 153 Å². The second-order valence-corrected chi connectivity index (χ2v) is 7.95. The molecule has 0 saturated heterocycles. The van der Waals surface area contributed by atoms with Crippen molar-refractivity contribution >= 4 is 10.0 Å². The molecular weight excluding hydrogens is 349 g/mol. The number of hydrogen-bond donors (Lipinski definition) is 1. The van der Waals surface area contributed by atoms with Gasteiger partial charge in [0.15, 0.2) is 0 Å². The van der Waals surface area contributed by atoms with Gasteiger partial charge in [0.05, 0.1) is 10.9 Å². The smallest absolute Gasteiger partial charge is 0.207 e. The fourth-order valence-electron chi connectivity index (χ4n) is 2.87. The highest BCUT2D eigenvalue weighted by Crippen LogP contribution is 2.27. The summed E-state index contributed by atoms with van der Waals surface area (Å²) in [4.78, 5) is 0.0471. The van der Waals surface area contributed by atoms with Crippen LogP contribution in [-0.2, 0) is 10.0 Å². The number of nitrogens with one attached hydrogen (secondary N) is 1. The highest BCUT2D eigenvalue weighted by Gasteiger charge is 2.24. The molecule has 3 aromatic carbocycles. The van der Waals surface area contributed by atoms with E-state index in [9.17, 15) is 12.8 Å². The number of aryl methyl sites for hydroxylation is 2. The van der Waals surface area contributed by atoms with Gasteiger partial charge < -0.3 is 0 Å². The van der Waals surface area contributed by atoms with Crippen molar-refractivity contribution in [2.75, 3.05) is 0 Å². The van der Waals surface area contributed by atoms with Crippen LogP contribution in [0.3, 0.4) is 0 Å². The topological polar surface area (TPSA) is 46.2 Å². The molecule has 0 aromatic heterocycles. The maximum absolute atomic E-state index is 13.5. The summed E-state index contributed by atoms with van der Waals surface area (Å²) in [5.41, 5.74) is 2.99. The first-order valence-corrected chi connectivity index (χ1v) is 9.76. The average molecular weight is 369 g/mol. The molecular formula is C21H20FNO2S. The van der Waals surface area contributed by atoms with Crippen molar-refractivity contribution in [2.45, 2.75) is 24.8 Å².